The number of aryl methyl sites for hydroxylation is 1. The first kappa shape index (κ1) is 23.2. The minimum atomic E-state index is 0.180. The summed E-state index contributed by atoms with van der Waals surface area (Å²) in [6.07, 6.45) is 12.5. The van der Waals surface area contributed by atoms with Gasteiger partial charge in [-0.25, -0.2) is 9.97 Å². The molecular formula is C25H33N7. The molecule has 1 aromatic carbocycles. The van der Waals surface area contributed by atoms with Crippen LogP contribution in [0.25, 0.3) is 23.1 Å². The van der Waals surface area contributed by atoms with E-state index in [-0.39, 0.29) is 5.96 Å². The van der Waals surface area contributed by atoms with Crippen molar-refractivity contribution in [2.45, 2.75) is 45.4 Å². The molecule has 0 saturated carbocycles. The molecule has 7 nitrogen and oxygen atoms in total. The Kier molecular flexibility index (Phi) is 8.98. The summed E-state index contributed by atoms with van der Waals surface area (Å²) >= 11 is 0. The van der Waals surface area contributed by atoms with Gasteiger partial charge < -0.3 is 16.8 Å². The summed E-state index contributed by atoms with van der Waals surface area (Å²) in [6.45, 7) is 3.70. The highest BCUT2D eigenvalue weighted by Crippen LogP contribution is 2.22. The lowest BCUT2D eigenvalue weighted by molar-refractivity contribution is 0.605. The van der Waals surface area contributed by atoms with E-state index in [0.29, 0.717) is 5.82 Å². The average molecular weight is 432 g/mol. The molecule has 0 aliphatic rings. The molecule has 0 saturated heterocycles. The smallest absolute Gasteiger partial charge is 0.185 e. The third-order valence-corrected chi connectivity index (χ3v) is 5.13. The molecule has 2 aromatic heterocycles. The molecule has 3 rings (SSSR count). The summed E-state index contributed by atoms with van der Waals surface area (Å²) in [5.74, 6) is 1.74. The summed E-state index contributed by atoms with van der Waals surface area (Å²) in [5.41, 5.74) is 13.7. The first-order valence-corrected chi connectivity index (χ1v) is 11.3. The predicted octanol–water partition coefficient (Wildman–Crippen LogP) is 4.53. The Hall–Kier alpha value is -3.48. The van der Waals surface area contributed by atoms with Crippen LogP contribution in [0.5, 0.6) is 0 Å². The van der Waals surface area contributed by atoms with Crippen molar-refractivity contribution in [3.05, 3.63) is 59.7 Å². The summed E-state index contributed by atoms with van der Waals surface area (Å²) in [5, 5.41) is 4.59. The van der Waals surface area contributed by atoms with Crippen molar-refractivity contribution in [3.8, 4) is 0 Å². The molecule has 5 N–H and O–H groups in total. The number of unbranched alkanes of at least 4 members (excludes halogenated alkanes) is 5. The van der Waals surface area contributed by atoms with E-state index in [1.54, 1.807) is 6.20 Å². The Morgan fingerprint density at radius 2 is 1.78 bits per heavy atom. The molecule has 0 aliphatic heterocycles. The van der Waals surface area contributed by atoms with Gasteiger partial charge >= 0.3 is 0 Å². The van der Waals surface area contributed by atoms with E-state index < -0.39 is 0 Å². The van der Waals surface area contributed by atoms with Crippen molar-refractivity contribution in [2.75, 3.05) is 18.4 Å². The Morgan fingerprint density at radius 1 is 0.969 bits per heavy atom. The standard InChI is InChI=1S/C25H33N7/c1-19-11-13-22-21(18-19)24(29-16-7-4-2-3-5-8-17-30-25(26)27)32-23(31-22)14-12-20-10-6-9-15-28-20/h6,9-15,18H,2-5,7-8,16-17H2,1H3,(H4,26,27,30)(H,29,31,32)/b14-12+. The van der Waals surface area contributed by atoms with Crippen LogP contribution in [-0.2, 0) is 0 Å². The van der Waals surface area contributed by atoms with Gasteiger partial charge in [-0.3, -0.25) is 9.98 Å². The molecule has 3 aromatic rings. The molecule has 0 spiro atoms. The molecule has 0 aliphatic carbocycles. The second-order valence-electron chi connectivity index (χ2n) is 7.89. The van der Waals surface area contributed by atoms with E-state index in [1.165, 1.54) is 24.8 Å². The van der Waals surface area contributed by atoms with E-state index in [4.69, 9.17) is 21.4 Å². The van der Waals surface area contributed by atoms with Crippen LogP contribution in [0.2, 0.25) is 0 Å². The minimum Gasteiger partial charge on any atom is -0.370 e. The third kappa shape index (κ3) is 7.65. The van der Waals surface area contributed by atoms with Gasteiger partial charge in [0.05, 0.1) is 11.2 Å². The molecular weight excluding hydrogens is 398 g/mol. The molecule has 0 radical (unpaired) electrons. The normalized spacial score (nSPS) is 11.2. The Morgan fingerprint density at radius 3 is 2.56 bits per heavy atom. The number of rotatable bonds is 12. The zero-order chi connectivity index (χ0) is 22.6. The van der Waals surface area contributed by atoms with Crippen LogP contribution in [0.3, 0.4) is 0 Å². The lowest BCUT2D eigenvalue weighted by Gasteiger charge is -2.10. The Balaban J connectivity index is 1.54. The van der Waals surface area contributed by atoms with Crippen LogP contribution < -0.4 is 16.8 Å². The van der Waals surface area contributed by atoms with E-state index in [9.17, 15) is 0 Å². The van der Waals surface area contributed by atoms with Gasteiger partial charge in [0.15, 0.2) is 11.8 Å². The Bertz CT molecular complexity index is 1040. The van der Waals surface area contributed by atoms with E-state index in [2.05, 4.69) is 40.4 Å². The number of benzene rings is 1. The molecule has 0 unspecified atom stereocenters. The summed E-state index contributed by atoms with van der Waals surface area (Å²) in [6, 6.07) is 12.1. The number of fused-ring (bicyclic) bond motifs is 1. The van der Waals surface area contributed by atoms with Gasteiger partial charge in [-0.1, -0.05) is 43.4 Å². The number of anilines is 1. The van der Waals surface area contributed by atoms with Crippen LogP contribution in [0.4, 0.5) is 5.82 Å². The number of guanidine groups is 1. The average Bonchev–Trinajstić information content (AvgIpc) is 2.79. The van der Waals surface area contributed by atoms with E-state index >= 15 is 0 Å². The molecule has 2 heterocycles. The summed E-state index contributed by atoms with van der Waals surface area (Å²) < 4.78 is 0. The van der Waals surface area contributed by atoms with Crippen LogP contribution >= 0.6 is 0 Å². The number of nitrogens with zero attached hydrogens (tertiary/aromatic N) is 4. The van der Waals surface area contributed by atoms with Gasteiger partial charge in [0.1, 0.15) is 5.82 Å². The van der Waals surface area contributed by atoms with Gasteiger partial charge in [-0.05, 0) is 56.2 Å². The maximum atomic E-state index is 5.34. The summed E-state index contributed by atoms with van der Waals surface area (Å²) in [7, 11) is 0. The number of hydrogen-bond acceptors (Lipinski definition) is 5. The van der Waals surface area contributed by atoms with Crippen molar-refractivity contribution >= 4 is 34.8 Å². The minimum absolute atomic E-state index is 0.180. The van der Waals surface area contributed by atoms with Crippen LogP contribution in [0, 0.1) is 6.92 Å². The van der Waals surface area contributed by atoms with Crippen molar-refractivity contribution in [2.24, 2.45) is 16.5 Å². The van der Waals surface area contributed by atoms with Gasteiger partial charge in [0.2, 0.25) is 0 Å². The highest BCUT2D eigenvalue weighted by Gasteiger charge is 2.07. The molecule has 0 fully saturated rings. The van der Waals surface area contributed by atoms with Gasteiger partial charge in [0.25, 0.3) is 0 Å². The van der Waals surface area contributed by atoms with Gasteiger partial charge in [-0.2, -0.15) is 0 Å². The first-order valence-electron chi connectivity index (χ1n) is 11.3. The van der Waals surface area contributed by atoms with Crippen LogP contribution in [-0.4, -0.2) is 34.0 Å². The maximum Gasteiger partial charge on any atom is 0.185 e. The second-order valence-corrected chi connectivity index (χ2v) is 7.89. The van der Waals surface area contributed by atoms with Crippen LogP contribution in [0.15, 0.2) is 47.6 Å². The van der Waals surface area contributed by atoms with Gasteiger partial charge in [0, 0.05) is 24.7 Å². The second kappa shape index (κ2) is 12.4. The lowest BCUT2D eigenvalue weighted by Crippen LogP contribution is -2.22. The number of aromatic nitrogens is 3. The molecule has 7 heteroatoms. The molecule has 32 heavy (non-hydrogen) atoms. The topological polar surface area (TPSA) is 115 Å². The summed E-state index contributed by atoms with van der Waals surface area (Å²) in [4.78, 5) is 17.8. The number of hydrogen-bond donors (Lipinski definition) is 3. The zero-order valence-electron chi connectivity index (χ0n) is 18.8. The fourth-order valence-corrected chi connectivity index (χ4v) is 3.46. The Labute approximate surface area is 190 Å². The van der Waals surface area contributed by atoms with Gasteiger partial charge in [-0.15, -0.1) is 0 Å². The number of aliphatic imine (C=N–C) groups is 1. The quantitative estimate of drug-likeness (QED) is 0.220. The third-order valence-electron chi connectivity index (χ3n) is 5.13. The van der Waals surface area contributed by atoms with E-state index in [1.807, 2.05) is 30.4 Å². The zero-order valence-corrected chi connectivity index (χ0v) is 18.8. The molecule has 0 amide bonds. The fraction of sp³-hybridized carbons (Fsp3) is 0.360. The highest BCUT2D eigenvalue weighted by atomic mass is 15.0. The largest absolute Gasteiger partial charge is 0.370 e. The fourth-order valence-electron chi connectivity index (χ4n) is 3.46. The first-order chi connectivity index (χ1) is 15.6. The maximum absolute atomic E-state index is 5.34. The predicted molar refractivity (Wildman–Crippen MR) is 134 cm³/mol. The molecule has 168 valence electrons. The van der Waals surface area contributed by atoms with Crippen molar-refractivity contribution < 1.29 is 0 Å². The lowest BCUT2D eigenvalue weighted by atomic mass is 10.1. The monoisotopic (exact) mass is 431 g/mol. The number of nitrogens with two attached hydrogens (primary N) is 2. The highest BCUT2D eigenvalue weighted by molar-refractivity contribution is 5.90. The van der Waals surface area contributed by atoms with E-state index in [0.717, 1.165) is 54.8 Å². The van der Waals surface area contributed by atoms with Crippen LogP contribution in [0.1, 0.15) is 55.6 Å². The van der Waals surface area contributed by atoms with Crippen molar-refractivity contribution in [1.82, 2.24) is 15.0 Å². The van der Waals surface area contributed by atoms with Crippen molar-refractivity contribution in [3.63, 3.8) is 0 Å². The molecule has 0 atom stereocenters. The van der Waals surface area contributed by atoms with Crippen molar-refractivity contribution in [1.29, 1.82) is 0 Å². The number of pyridine rings is 1. The number of nitrogens with one attached hydrogen (secondary N) is 1. The SMILES string of the molecule is Cc1ccc2nc(/C=C/c3ccccn3)nc(NCCCCCCCCN=C(N)N)c2c1. The molecule has 0 bridgehead atoms.